The van der Waals surface area contributed by atoms with E-state index < -0.39 is 0 Å². The molecule has 1 aromatic heterocycles. The van der Waals surface area contributed by atoms with Crippen LogP contribution in [-0.2, 0) is 26.4 Å². The fraction of sp³-hybridized carbons (Fsp3) is 0.357. The molecule has 1 aromatic carbocycles. The van der Waals surface area contributed by atoms with E-state index in [4.69, 9.17) is 0 Å². The van der Waals surface area contributed by atoms with Crippen LogP contribution in [0.4, 0.5) is 5.69 Å². The molecule has 3 nitrogen and oxygen atoms in total. The molecule has 3 rings (SSSR count). The highest BCUT2D eigenvalue weighted by molar-refractivity contribution is 5.50. The van der Waals surface area contributed by atoms with Gasteiger partial charge >= 0.3 is 0 Å². The quantitative estimate of drug-likeness (QED) is 0.873. The summed E-state index contributed by atoms with van der Waals surface area (Å²) in [7, 11) is 2.02. The summed E-state index contributed by atoms with van der Waals surface area (Å²) < 4.78 is 2.04. The Morgan fingerprint density at radius 2 is 2.18 bits per heavy atom. The van der Waals surface area contributed by atoms with E-state index in [2.05, 4.69) is 28.5 Å². The zero-order valence-corrected chi connectivity index (χ0v) is 10.1. The predicted octanol–water partition coefficient (Wildman–Crippen LogP) is 2.52. The molecule has 17 heavy (non-hydrogen) atoms. The summed E-state index contributed by atoms with van der Waals surface area (Å²) in [4.78, 5) is 4.11. The minimum atomic E-state index is 0.829. The van der Waals surface area contributed by atoms with Gasteiger partial charge in [0.1, 0.15) is 0 Å². The summed E-state index contributed by atoms with van der Waals surface area (Å²) in [5, 5.41) is 3.46. The molecule has 0 spiro atoms. The van der Waals surface area contributed by atoms with E-state index in [0.717, 1.165) is 6.54 Å². The highest BCUT2D eigenvalue weighted by Crippen LogP contribution is 2.25. The molecule has 0 saturated heterocycles. The van der Waals surface area contributed by atoms with Gasteiger partial charge in [-0.05, 0) is 42.5 Å². The molecule has 0 unspecified atom stereocenters. The molecule has 88 valence electrons. The third kappa shape index (κ3) is 2.05. The lowest BCUT2D eigenvalue weighted by Gasteiger charge is -2.08. The van der Waals surface area contributed by atoms with Crippen molar-refractivity contribution in [2.75, 3.05) is 5.32 Å². The number of aryl methyl sites for hydroxylation is 3. The molecule has 1 aliphatic carbocycles. The van der Waals surface area contributed by atoms with E-state index in [1.54, 1.807) is 0 Å². The van der Waals surface area contributed by atoms with Crippen LogP contribution in [0.25, 0.3) is 0 Å². The number of anilines is 1. The van der Waals surface area contributed by atoms with Crippen molar-refractivity contribution in [1.82, 2.24) is 9.55 Å². The first kappa shape index (κ1) is 10.4. The molecule has 2 aromatic rings. The van der Waals surface area contributed by atoms with Gasteiger partial charge in [0.2, 0.25) is 0 Å². The summed E-state index contributed by atoms with van der Waals surface area (Å²) in [6.07, 6.45) is 7.52. The number of imidazole rings is 1. The predicted molar refractivity (Wildman–Crippen MR) is 69.0 cm³/mol. The summed E-state index contributed by atoms with van der Waals surface area (Å²) in [6, 6.07) is 6.73. The Morgan fingerprint density at radius 3 is 3.00 bits per heavy atom. The topological polar surface area (TPSA) is 29.9 Å². The fourth-order valence-corrected chi connectivity index (χ4v) is 2.43. The number of nitrogens with zero attached hydrogens (tertiary/aromatic N) is 2. The van der Waals surface area contributed by atoms with Crippen molar-refractivity contribution in [3.8, 4) is 0 Å². The molecule has 1 aliphatic rings. The van der Waals surface area contributed by atoms with E-state index in [-0.39, 0.29) is 0 Å². The molecular weight excluding hydrogens is 210 g/mol. The van der Waals surface area contributed by atoms with Crippen molar-refractivity contribution in [3.05, 3.63) is 47.5 Å². The second-order valence-corrected chi connectivity index (χ2v) is 4.69. The van der Waals surface area contributed by atoms with E-state index >= 15 is 0 Å². The van der Waals surface area contributed by atoms with Crippen molar-refractivity contribution in [2.45, 2.75) is 25.8 Å². The van der Waals surface area contributed by atoms with Gasteiger partial charge < -0.3 is 9.88 Å². The molecule has 0 bridgehead atoms. The number of benzene rings is 1. The van der Waals surface area contributed by atoms with Crippen LogP contribution in [0.3, 0.4) is 0 Å². The summed E-state index contributed by atoms with van der Waals surface area (Å²) in [5.41, 5.74) is 5.45. The number of nitrogens with one attached hydrogen (secondary N) is 1. The summed E-state index contributed by atoms with van der Waals surface area (Å²) in [5.74, 6) is 0. The lowest BCUT2D eigenvalue weighted by molar-refractivity contribution is 0.837. The zero-order valence-electron chi connectivity index (χ0n) is 10.1. The lowest BCUT2D eigenvalue weighted by atomic mass is 10.1. The smallest absolute Gasteiger partial charge is 0.0946 e. The largest absolute Gasteiger partial charge is 0.379 e. The van der Waals surface area contributed by atoms with Crippen LogP contribution in [0, 0.1) is 0 Å². The lowest BCUT2D eigenvalue weighted by Crippen LogP contribution is -2.04. The van der Waals surface area contributed by atoms with Crippen LogP contribution in [-0.4, -0.2) is 9.55 Å². The maximum absolute atomic E-state index is 4.11. The molecule has 0 amide bonds. The number of hydrogen-bond donors (Lipinski definition) is 1. The van der Waals surface area contributed by atoms with Crippen molar-refractivity contribution >= 4 is 5.69 Å². The van der Waals surface area contributed by atoms with Gasteiger partial charge in [-0.1, -0.05) is 6.07 Å². The number of fused-ring (bicyclic) bond motifs is 1. The van der Waals surface area contributed by atoms with Crippen molar-refractivity contribution < 1.29 is 0 Å². The van der Waals surface area contributed by atoms with Gasteiger partial charge in [-0.3, -0.25) is 0 Å². The standard InChI is InChI=1S/C14H17N3/c1-17-10-15-8-14(17)9-16-13-6-5-11-3-2-4-12(11)7-13/h5-8,10,16H,2-4,9H2,1H3. The highest BCUT2D eigenvalue weighted by Gasteiger charge is 2.10. The third-order valence-electron chi connectivity index (χ3n) is 3.49. The second kappa shape index (κ2) is 4.24. The minimum Gasteiger partial charge on any atom is -0.379 e. The Labute approximate surface area is 101 Å². The Morgan fingerprint density at radius 1 is 1.29 bits per heavy atom. The minimum absolute atomic E-state index is 0.829. The molecule has 1 heterocycles. The molecular formula is C14H17N3. The van der Waals surface area contributed by atoms with Gasteiger partial charge in [-0.15, -0.1) is 0 Å². The van der Waals surface area contributed by atoms with Crippen LogP contribution >= 0.6 is 0 Å². The SMILES string of the molecule is Cn1cncc1CNc1ccc2c(c1)CCC2. The molecule has 0 radical (unpaired) electrons. The normalized spacial score (nSPS) is 13.7. The zero-order chi connectivity index (χ0) is 11.7. The van der Waals surface area contributed by atoms with Crippen LogP contribution in [0.5, 0.6) is 0 Å². The van der Waals surface area contributed by atoms with Gasteiger partial charge in [0, 0.05) is 18.9 Å². The third-order valence-corrected chi connectivity index (χ3v) is 3.49. The van der Waals surface area contributed by atoms with Gasteiger partial charge in [0.05, 0.1) is 18.6 Å². The maximum atomic E-state index is 4.11. The average molecular weight is 227 g/mol. The van der Waals surface area contributed by atoms with Gasteiger partial charge in [0.25, 0.3) is 0 Å². The highest BCUT2D eigenvalue weighted by atomic mass is 15.0. The van der Waals surface area contributed by atoms with Crippen LogP contribution in [0.1, 0.15) is 23.2 Å². The second-order valence-electron chi connectivity index (χ2n) is 4.69. The van der Waals surface area contributed by atoms with E-state index in [1.165, 1.54) is 41.8 Å². The maximum Gasteiger partial charge on any atom is 0.0946 e. The van der Waals surface area contributed by atoms with E-state index in [0.29, 0.717) is 0 Å². The fourth-order valence-electron chi connectivity index (χ4n) is 2.43. The first-order chi connectivity index (χ1) is 8.33. The van der Waals surface area contributed by atoms with E-state index in [9.17, 15) is 0 Å². The molecule has 3 heteroatoms. The summed E-state index contributed by atoms with van der Waals surface area (Å²) >= 11 is 0. The van der Waals surface area contributed by atoms with Crippen LogP contribution in [0.15, 0.2) is 30.7 Å². The Hall–Kier alpha value is -1.77. The Kier molecular flexibility index (Phi) is 2.59. The molecule has 0 aliphatic heterocycles. The average Bonchev–Trinajstić information content (AvgIpc) is 2.94. The molecule has 0 saturated carbocycles. The van der Waals surface area contributed by atoms with Crippen molar-refractivity contribution in [3.63, 3.8) is 0 Å². The van der Waals surface area contributed by atoms with Gasteiger partial charge in [0.15, 0.2) is 0 Å². The van der Waals surface area contributed by atoms with Gasteiger partial charge in [-0.2, -0.15) is 0 Å². The van der Waals surface area contributed by atoms with Crippen LogP contribution in [0.2, 0.25) is 0 Å². The summed E-state index contributed by atoms with van der Waals surface area (Å²) in [6.45, 7) is 0.829. The molecule has 0 fully saturated rings. The van der Waals surface area contributed by atoms with Crippen LogP contribution < -0.4 is 5.32 Å². The first-order valence-electron chi connectivity index (χ1n) is 6.14. The Bertz CT molecular complexity index is 528. The van der Waals surface area contributed by atoms with Crippen molar-refractivity contribution in [1.29, 1.82) is 0 Å². The number of aromatic nitrogens is 2. The van der Waals surface area contributed by atoms with Gasteiger partial charge in [-0.25, -0.2) is 4.98 Å². The van der Waals surface area contributed by atoms with E-state index in [1.807, 2.05) is 24.1 Å². The monoisotopic (exact) mass is 227 g/mol. The Balaban J connectivity index is 1.72. The number of rotatable bonds is 3. The molecule has 0 atom stereocenters. The molecule has 1 N–H and O–H groups in total. The first-order valence-corrected chi connectivity index (χ1v) is 6.14. The number of hydrogen-bond acceptors (Lipinski definition) is 2. The van der Waals surface area contributed by atoms with Crippen molar-refractivity contribution in [2.24, 2.45) is 7.05 Å².